The fourth-order valence-corrected chi connectivity index (χ4v) is 3.20. The van der Waals surface area contributed by atoms with Crippen molar-refractivity contribution in [3.8, 4) is 0 Å². The molecule has 0 aliphatic carbocycles. The summed E-state index contributed by atoms with van der Waals surface area (Å²) in [6.45, 7) is 1.79. The van der Waals surface area contributed by atoms with E-state index in [0.29, 0.717) is 16.0 Å². The number of hydrogen-bond donors (Lipinski definition) is 1. The van der Waals surface area contributed by atoms with Gasteiger partial charge in [0.1, 0.15) is 5.82 Å². The van der Waals surface area contributed by atoms with Gasteiger partial charge in [-0.15, -0.1) is 10.2 Å². The molecule has 2 aromatic carbocycles. The summed E-state index contributed by atoms with van der Waals surface area (Å²) in [7, 11) is 0. The van der Waals surface area contributed by atoms with Crippen molar-refractivity contribution in [2.75, 3.05) is 5.43 Å². The molecule has 5 nitrogen and oxygen atoms in total. The van der Waals surface area contributed by atoms with Crippen LogP contribution in [0.15, 0.2) is 65.8 Å². The van der Waals surface area contributed by atoms with Crippen LogP contribution in [0, 0.1) is 6.92 Å². The Hall–Kier alpha value is -2.57. The topological polar surface area (TPSA) is 59.8 Å². The Kier molecular flexibility index (Phi) is 6.09. The first-order chi connectivity index (χ1) is 12.6. The number of hydrogen-bond acceptors (Lipinski definition) is 4. The molecule has 0 aliphatic rings. The average molecular weight is 385 g/mol. The highest BCUT2D eigenvalue weighted by Crippen LogP contribution is 2.20. The van der Waals surface area contributed by atoms with E-state index in [1.54, 1.807) is 29.8 Å². The van der Waals surface area contributed by atoms with Gasteiger partial charge in [0.05, 0.1) is 0 Å². The fourth-order valence-electron chi connectivity index (χ4n) is 2.18. The molecule has 1 amide bonds. The number of nitrogens with one attached hydrogen (secondary N) is 1. The molecular weight excluding hydrogens is 368 g/mol. The van der Waals surface area contributed by atoms with Gasteiger partial charge in [-0.3, -0.25) is 10.2 Å². The second-order valence-electron chi connectivity index (χ2n) is 5.50. The van der Waals surface area contributed by atoms with E-state index >= 15 is 0 Å². The van der Waals surface area contributed by atoms with Crippen molar-refractivity contribution in [2.24, 2.45) is 0 Å². The Labute approximate surface area is 161 Å². The van der Waals surface area contributed by atoms with Crippen LogP contribution in [0.2, 0.25) is 5.02 Å². The zero-order valence-corrected chi connectivity index (χ0v) is 15.7. The van der Waals surface area contributed by atoms with Crippen LogP contribution in [-0.4, -0.2) is 20.8 Å². The lowest BCUT2D eigenvalue weighted by Crippen LogP contribution is -2.22. The molecule has 0 bridgehead atoms. The van der Waals surface area contributed by atoms with E-state index < -0.39 is 0 Å². The number of nitrogens with zero attached hydrogens (tertiary/aromatic N) is 3. The first-order valence-corrected chi connectivity index (χ1v) is 9.31. The van der Waals surface area contributed by atoms with Gasteiger partial charge < -0.3 is 0 Å². The predicted octanol–water partition coefficient (Wildman–Crippen LogP) is 4.32. The highest BCUT2D eigenvalue weighted by molar-refractivity contribution is 7.98. The van der Waals surface area contributed by atoms with Gasteiger partial charge in [0.15, 0.2) is 0 Å². The highest BCUT2D eigenvalue weighted by Gasteiger charge is 2.11. The van der Waals surface area contributed by atoms with Crippen molar-refractivity contribution < 1.29 is 4.79 Å². The second-order valence-corrected chi connectivity index (χ2v) is 6.88. The standard InChI is InChI=1S/C19H17ClN4OS/c1-14-21-22-19(26-13-16-5-3-2-4-6-16)24(14)23-18(25)12-9-15-7-10-17(20)11-8-15/h2-12H,13H2,1H3,(H,23,25). The van der Waals surface area contributed by atoms with Crippen molar-refractivity contribution in [2.45, 2.75) is 17.8 Å². The molecular formula is C19H17ClN4OS. The molecule has 0 atom stereocenters. The van der Waals surface area contributed by atoms with E-state index in [4.69, 9.17) is 11.6 Å². The van der Waals surface area contributed by atoms with Gasteiger partial charge in [-0.1, -0.05) is 65.8 Å². The number of benzene rings is 2. The van der Waals surface area contributed by atoms with Crippen LogP contribution in [0.4, 0.5) is 0 Å². The molecule has 7 heteroatoms. The maximum Gasteiger partial charge on any atom is 0.262 e. The molecule has 1 heterocycles. The summed E-state index contributed by atoms with van der Waals surface area (Å²) in [5.74, 6) is 1.10. The first kappa shape index (κ1) is 18.2. The van der Waals surface area contributed by atoms with Crippen LogP contribution in [0.3, 0.4) is 0 Å². The monoisotopic (exact) mass is 384 g/mol. The normalized spacial score (nSPS) is 11.0. The maximum atomic E-state index is 12.2. The van der Waals surface area contributed by atoms with E-state index in [0.717, 1.165) is 11.3 Å². The second kappa shape index (κ2) is 8.69. The van der Waals surface area contributed by atoms with Gasteiger partial charge in [-0.05, 0) is 36.3 Å². The van der Waals surface area contributed by atoms with Crippen LogP contribution in [-0.2, 0) is 10.5 Å². The van der Waals surface area contributed by atoms with E-state index in [2.05, 4.69) is 15.6 Å². The van der Waals surface area contributed by atoms with Crippen LogP contribution < -0.4 is 5.43 Å². The molecule has 0 saturated carbocycles. The Morgan fingerprint density at radius 3 is 2.62 bits per heavy atom. The van der Waals surface area contributed by atoms with E-state index in [9.17, 15) is 4.79 Å². The number of halogens is 1. The third kappa shape index (κ3) is 4.97. The average Bonchev–Trinajstić information content (AvgIpc) is 3.00. The van der Waals surface area contributed by atoms with Crippen molar-refractivity contribution in [1.29, 1.82) is 0 Å². The molecule has 0 saturated heterocycles. The van der Waals surface area contributed by atoms with E-state index in [1.165, 1.54) is 23.4 Å². The van der Waals surface area contributed by atoms with Crippen LogP contribution in [0.25, 0.3) is 6.08 Å². The number of rotatable bonds is 6. The Morgan fingerprint density at radius 2 is 1.88 bits per heavy atom. The largest absolute Gasteiger partial charge is 0.268 e. The summed E-state index contributed by atoms with van der Waals surface area (Å²) in [6, 6.07) is 17.3. The van der Waals surface area contributed by atoms with Gasteiger partial charge >= 0.3 is 0 Å². The van der Waals surface area contributed by atoms with Crippen LogP contribution >= 0.6 is 23.4 Å². The third-order valence-corrected chi connectivity index (χ3v) is 4.78. The van der Waals surface area contributed by atoms with Gasteiger partial charge in [0, 0.05) is 16.9 Å². The molecule has 3 aromatic rings. The first-order valence-electron chi connectivity index (χ1n) is 7.95. The fraction of sp³-hybridized carbons (Fsp3) is 0.105. The van der Waals surface area contributed by atoms with Crippen LogP contribution in [0.5, 0.6) is 0 Å². The summed E-state index contributed by atoms with van der Waals surface area (Å²) < 4.78 is 1.60. The highest BCUT2D eigenvalue weighted by atomic mass is 35.5. The minimum Gasteiger partial charge on any atom is -0.268 e. The molecule has 132 valence electrons. The molecule has 26 heavy (non-hydrogen) atoms. The molecule has 3 rings (SSSR count). The summed E-state index contributed by atoms with van der Waals surface area (Å²) in [4.78, 5) is 12.2. The molecule has 0 fully saturated rings. The van der Waals surface area contributed by atoms with Crippen molar-refractivity contribution in [3.63, 3.8) is 0 Å². The van der Waals surface area contributed by atoms with Gasteiger partial charge in [0.2, 0.25) is 5.16 Å². The molecule has 1 aromatic heterocycles. The summed E-state index contributed by atoms with van der Waals surface area (Å²) >= 11 is 7.37. The number of carbonyl (C=O) groups excluding carboxylic acids is 1. The Balaban J connectivity index is 1.64. The van der Waals surface area contributed by atoms with Gasteiger partial charge in [-0.25, -0.2) is 4.68 Å². The number of amides is 1. The lowest BCUT2D eigenvalue weighted by Gasteiger charge is -2.08. The SMILES string of the molecule is Cc1nnc(SCc2ccccc2)n1NC(=O)C=Cc1ccc(Cl)cc1. The lowest BCUT2D eigenvalue weighted by atomic mass is 10.2. The maximum absolute atomic E-state index is 12.2. The van der Waals surface area contributed by atoms with Crippen LogP contribution in [0.1, 0.15) is 17.0 Å². The Morgan fingerprint density at radius 1 is 1.15 bits per heavy atom. The van der Waals surface area contributed by atoms with Crippen molar-refractivity contribution in [1.82, 2.24) is 14.9 Å². The Bertz CT molecular complexity index is 907. The molecule has 0 unspecified atom stereocenters. The van der Waals surface area contributed by atoms with E-state index in [-0.39, 0.29) is 5.91 Å². The molecule has 1 N–H and O–H groups in total. The number of aryl methyl sites for hydroxylation is 1. The zero-order valence-electron chi connectivity index (χ0n) is 14.1. The van der Waals surface area contributed by atoms with Gasteiger partial charge in [-0.2, -0.15) is 0 Å². The quantitative estimate of drug-likeness (QED) is 0.508. The lowest BCUT2D eigenvalue weighted by molar-refractivity contribution is -0.112. The zero-order chi connectivity index (χ0) is 18.4. The smallest absolute Gasteiger partial charge is 0.262 e. The third-order valence-electron chi connectivity index (χ3n) is 3.53. The molecule has 0 spiro atoms. The minimum absolute atomic E-state index is 0.260. The number of carbonyl (C=O) groups is 1. The summed E-state index contributed by atoms with van der Waals surface area (Å²) in [6.07, 6.45) is 3.19. The number of aromatic nitrogens is 3. The molecule has 0 radical (unpaired) electrons. The van der Waals surface area contributed by atoms with Crippen molar-refractivity contribution >= 4 is 35.3 Å². The minimum atomic E-state index is -0.260. The summed E-state index contributed by atoms with van der Waals surface area (Å²) in [5.41, 5.74) is 4.87. The molecule has 0 aliphatic heterocycles. The van der Waals surface area contributed by atoms with E-state index in [1.807, 2.05) is 42.5 Å². The summed E-state index contributed by atoms with van der Waals surface area (Å²) in [5, 5.41) is 9.48. The predicted molar refractivity (Wildman–Crippen MR) is 106 cm³/mol. The van der Waals surface area contributed by atoms with Crippen molar-refractivity contribution in [3.05, 3.63) is 82.6 Å². The van der Waals surface area contributed by atoms with Gasteiger partial charge in [0.25, 0.3) is 5.91 Å². The number of thioether (sulfide) groups is 1.